The highest BCUT2D eigenvalue weighted by molar-refractivity contribution is 5.86. The third-order valence-electron chi connectivity index (χ3n) is 3.53. The molecule has 1 amide bonds. The van der Waals surface area contributed by atoms with E-state index in [4.69, 9.17) is 4.74 Å². The van der Waals surface area contributed by atoms with E-state index in [1.165, 1.54) is 0 Å². The first-order valence-corrected chi connectivity index (χ1v) is 7.02. The molecule has 1 aliphatic heterocycles. The number of carbonyl (C=O) groups excluding carboxylic acids is 1. The zero-order chi connectivity index (χ0) is 14.4. The summed E-state index contributed by atoms with van der Waals surface area (Å²) in [5, 5.41) is 5.62. The fraction of sp³-hybridized carbons (Fsp3) is 0.533. The minimum atomic E-state index is -1.78. The quantitative estimate of drug-likeness (QED) is 0.833. The van der Waals surface area contributed by atoms with Gasteiger partial charge in [-0.2, -0.15) is 0 Å². The summed E-state index contributed by atoms with van der Waals surface area (Å²) in [6.07, 6.45) is 0.927. The molecule has 1 saturated heterocycles. The number of rotatable bonds is 6. The van der Waals surface area contributed by atoms with E-state index in [2.05, 4.69) is 10.6 Å². The topological polar surface area (TPSA) is 50.4 Å². The molecule has 110 valence electrons. The number of carbonyl (C=O) groups is 1. The number of para-hydroxylation sites is 1. The molecule has 5 heteroatoms. The summed E-state index contributed by atoms with van der Waals surface area (Å²) < 4.78 is 19.9. The second kappa shape index (κ2) is 6.70. The van der Waals surface area contributed by atoms with E-state index in [0.29, 0.717) is 19.6 Å². The van der Waals surface area contributed by atoms with Crippen LogP contribution in [0.25, 0.3) is 0 Å². The largest absolute Gasteiger partial charge is 0.491 e. The SMILES string of the molecule is CC[C@H](COc1ccccc1)NC(=O)[C@@]1(F)CCNC1. The van der Waals surface area contributed by atoms with Gasteiger partial charge in [-0.05, 0) is 25.1 Å². The Bertz CT molecular complexity index is 433. The number of ether oxygens (including phenoxy) is 1. The number of benzene rings is 1. The molecule has 1 aromatic rings. The van der Waals surface area contributed by atoms with Crippen molar-refractivity contribution >= 4 is 5.91 Å². The van der Waals surface area contributed by atoms with Crippen LogP contribution in [-0.4, -0.2) is 37.3 Å². The van der Waals surface area contributed by atoms with Crippen LogP contribution in [0.5, 0.6) is 5.75 Å². The van der Waals surface area contributed by atoms with Crippen molar-refractivity contribution in [1.82, 2.24) is 10.6 Å². The molecule has 0 saturated carbocycles. The lowest BCUT2D eigenvalue weighted by Crippen LogP contribution is -2.50. The van der Waals surface area contributed by atoms with Crippen molar-refractivity contribution in [3.63, 3.8) is 0 Å². The number of amides is 1. The van der Waals surface area contributed by atoms with Crippen LogP contribution >= 0.6 is 0 Å². The fourth-order valence-corrected chi connectivity index (χ4v) is 2.15. The Morgan fingerprint density at radius 2 is 2.25 bits per heavy atom. The number of nitrogens with one attached hydrogen (secondary N) is 2. The highest BCUT2D eigenvalue weighted by Crippen LogP contribution is 2.20. The van der Waals surface area contributed by atoms with Crippen LogP contribution in [0.2, 0.25) is 0 Å². The molecule has 2 N–H and O–H groups in total. The third kappa shape index (κ3) is 3.70. The Hall–Kier alpha value is -1.62. The maximum Gasteiger partial charge on any atom is 0.259 e. The van der Waals surface area contributed by atoms with Crippen LogP contribution in [0.3, 0.4) is 0 Å². The van der Waals surface area contributed by atoms with Gasteiger partial charge in [-0.15, -0.1) is 0 Å². The van der Waals surface area contributed by atoms with E-state index in [0.717, 1.165) is 5.75 Å². The lowest BCUT2D eigenvalue weighted by molar-refractivity contribution is -0.132. The molecule has 2 atom stereocenters. The highest BCUT2D eigenvalue weighted by atomic mass is 19.1. The van der Waals surface area contributed by atoms with Crippen molar-refractivity contribution in [2.45, 2.75) is 31.5 Å². The summed E-state index contributed by atoms with van der Waals surface area (Å²) in [5.74, 6) is 0.212. The Morgan fingerprint density at radius 1 is 1.50 bits per heavy atom. The number of alkyl halides is 1. The van der Waals surface area contributed by atoms with Crippen molar-refractivity contribution < 1.29 is 13.9 Å². The first-order valence-electron chi connectivity index (χ1n) is 7.02. The predicted molar refractivity (Wildman–Crippen MR) is 75.5 cm³/mol. The van der Waals surface area contributed by atoms with Gasteiger partial charge in [0.15, 0.2) is 0 Å². The first kappa shape index (κ1) is 14.8. The standard InChI is InChI=1S/C15H21FN2O2/c1-2-12(10-20-13-6-4-3-5-7-13)18-14(19)15(16)8-9-17-11-15/h3-7,12,17H,2,8-11H2,1H3,(H,18,19)/t12-,15-/m1/s1. The second-order valence-corrected chi connectivity index (χ2v) is 5.09. The summed E-state index contributed by atoms with van der Waals surface area (Å²) in [6, 6.07) is 9.20. The van der Waals surface area contributed by atoms with Gasteiger partial charge in [0.2, 0.25) is 5.67 Å². The smallest absolute Gasteiger partial charge is 0.259 e. The summed E-state index contributed by atoms with van der Waals surface area (Å²) >= 11 is 0. The van der Waals surface area contributed by atoms with Crippen LogP contribution in [0.1, 0.15) is 19.8 Å². The van der Waals surface area contributed by atoms with E-state index in [1.54, 1.807) is 0 Å². The third-order valence-corrected chi connectivity index (χ3v) is 3.53. The molecular formula is C15H21FN2O2. The van der Waals surface area contributed by atoms with E-state index < -0.39 is 11.6 Å². The van der Waals surface area contributed by atoms with Gasteiger partial charge in [0.05, 0.1) is 6.04 Å². The van der Waals surface area contributed by atoms with Gasteiger partial charge < -0.3 is 15.4 Å². The molecule has 0 spiro atoms. The zero-order valence-corrected chi connectivity index (χ0v) is 11.7. The Morgan fingerprint density at radius 3 is 2.85 bits per heavy atom. The van der Waals surface area contributed by atoms with Crippen LogP contribution in [0.15, 0.2) is 30.3 Å². The number of hydrogen-bond donors (Lipinski definition) is 2. The molecule has 0 radical (unpaired) electrons. The molecule has 0 aromatic heterocycles. The van der Waals surface area contributed by atoms with E-state index in [-0.39, 0.29) is 19.0 Å². The molecule has 1 heterocycles. The van der Waals surface area contributed by atoms with E-state index in [9.17, 15) is 9.18 Å². The molecule has 0 bridgehead atoms. The van der Waals surface area contributed by atoms with Crippen LogP contribution < -0.4 is 15.4 Å². The van der Waals surface area contributed by atoms with Crippen molar-refractivity contribution in [2.24, 2.45) is 0 Å². The van der Waals surface area contributed by atoms with Gasteiger partial charge in [-0.3, -0.25) is 4.79 Å². The normalized spacial score (nSPS) is 23.3. The number of hydrogen-bond acceptors (Lipinski definition) is 3. The summed E-state index contributed by atoms with van der Waals surface area (Å²) in [7, 11) is 0. The summed E-state index contributed by atoms with van der Waals surface area (Å²) in [6.45, 7) is 2.92. The molecule has 1 fully saturated rings. The molecule has 0 aliphatic carbocycles. The maximum atomic E-state index is 14.3. The highest BCUT2D eigenvalue weighted by Gasteiger charge is 2.42. The summed E-state index contributed by atoms with van der Waals surface area (Å²) in [5.41, 5.74) is -1.78. The van der Waals surface area contributed by atoms with E-state index >= 15 is 0 Å². The Kier molecular flexibility index (Phi) is 4.95. The van der Waals surface area contributed by atoms with Crippen LogP contribution in [-0.2, 0) is 4.79 Å². The van der Waals surface area contributed by atoms with Gasteiger partial charge in [0, 0.05) is 13.0 Å². The average molecular weight is 280 g/mol. The fourth-order valence-electron chi connectivity index (χ4n) is 2.15. The predicted octanol–water partition coefficient (Wildman–Crippen LogP) is 1.66. The second-order valence-electron chi connectivity index (χ2n) is 5.09. The Labute approximate surface area is 118 Å². The lowest BCUT2D eigenvalue weighted by atomic mass is 10.0. The number of halogens is 1. The molecule has 1 aliphatic rings. The maximum absolute atomic E-state index is 14.3. The van der Waals surface area contributed by atoms with Gasteiger partial charge in [0.25, 0.3) is 5.91 Å². The minimum Gasteiger partial charge on any atom is -0.491 e. The molecule has 0 unspecified atom stereocenters. The van der Waals surface area contributed by atoms with E-state index in [1.807, 2.05) is 37.3 Å². The molecule has 1 aromatic carbocycles. The van der Waals surface area contributed by atoms with Gasteiger partial charge in [-0.25, -0.2) is 4.39 Å². The average Bonchev–Trinajstić information content (AvgIpc) is 2.92. The van der Waals surface area contributed by atoms with Gasteiger partial charge in [0.1, 0.15) is 12.4 Å². The van der Waals surface area contributed by atoms with Crippen molar-refractivity contribution in [2.75, 3.05) is 19.7 Å². The minimum absolute atomic E-state index is 0.0921. The van der Waals surface area contributed by atoms with Crippen molar-refractivity contribution in [3.05, 3.63) is 30.3 Å². The van der Waals surface area contributed by atoms with Gasteiger partial charge >= 0.3 is 0 Å². The Balaban J connectivity index is 1.84. The molecule has 4 nitrogen and oxygen atoms in total. The van der Waals surface area contributed by atoms with Crippen molar-refractivity contribution in [3.8, 4) is 5.75 Å². The van der Waals surface area contributed by atoms with Crippen molar-refractivity contribution in [1.29, 1.82) is 0 Å². The molecular weight excluding hydrogens is 259 g/mol. The molecule has 2 rings (SSSR count). The lowest BCUT2D eigenvalue weighted by Gasteiger charge is -2.23. The summed E-state index contributed by atoms with van der Waals surface area (Å²) in [4.78, 5) is 12.0. The van der Waals surface area contributed by atoms with Gasteiger partial charge in [-0.1, -0.05) is 25.1 Å². The zero-order valence-electron chi connectivity index (χ0n) is 11.7. The van der Waals surface area contributed by atoms with Crippen LogP contribution in [0, 0.1) is 0 Å². The first-order chi connectivity index (χ1) is 9.64. The monoisotopic (exact) mass is 280 g/mol. The van der Waals surface area contributed by atoms with Crippen LogP contribution in [0.4, 0.5) is 4.39 Å². The molecule has 20 heavy (non-hydrogen) atoms.